The average molecular weight is 437 g/mol. The molecule has 7 nitrogen and oxygen atoms in total. The van der Waals surface area contributed by atoms with Gasteiger partial charge < -0.3 is 14.4 Å². The maximum atomic E-state index is 13.2. The summed E-state index contributed by atoms with van der Waals surface area (Å²) < 4.78 is 12.1. The first-order valence-corrected chi connectivity index (χ1v) is 10.0. The Kier molecular flexibility index (Phi) is 6.57. The number of fused-ring (bicyclic) bond motifs is 1. The third-order valence-electron chi connectivity index (χ3n) is 4.26. The zero-order valence-corrected chi connectivity index (χ0v) is 19.5. The van der Waals surface area contributed by atoms with E-state index in [2.05, 4.69) is 0 Å². The third-order valence-corrected chi connectivity index (χ3v) is 4.50. The van der Waals surface area contributed by atoms with E-state index in [0.29, 0.717) is 15.9 Å². The summed E-state index contributed by atoms with van der Waals surface area (Å²) in [6, 6.07) is 4.08. The van der Waals surface area contributed by atoms with Gasteiger partial charge in [-0.3, -0.25) is 9.36 Å². The van der Waals surface area contributed by atoms with Crippen LogP contribution in [0, 0.1) is 0 Å². The molecule has 0 fully saturated rings. The second-order valence-corrected chi connectivity index (χ2v) is 9.62. The summed E-state index contributed by atoms with van der Waals surface area (Å²) >= 11 is 6.13. The Morgan fingerprint density at radius 1 is 1.03 bits per heavy atom. The molecule has 1 amide bonds. The molecule has 0 radical (unpaired) electrons. The Balaban J connectivity index is 2.45. The van der Waals surface area contributed by atoms with E-state index in [-0.39, 0.29) is 11.3 Å². The van der Waals surface area contributed by atoms with Crippen molar-refractivity contribution in [2.45, 2.75) is 65.7 Å². The summed E-state index contributed by atoms with van der Waals surface area (Å²) in [6.45, 7) is 12.1. The Hall–Kier alpha value is -2.54. The summed E-state index contributed by atoms with van der Waals surface area (Å²) in [7, 11) is 1.50. The molecule has 1 aromatic heterocycles. The summed E-state index contributed by atoms with van der Waals surface area (Å²) in [6.07, 6.45) is 0.205. The van der Waals surface area contributed by atoms with Crippen molar-refractivity contribution in [3.05, 3.63) is 35.0 Å². The maximum Gasteiger partial charge on any atom is 0.419 e. The number of aromatic nitrogens is 1. The molecular weight excluding hydrogens is 408 g/mol. The van der Waals surface area contributed by atoms with Crippen molar-refractivity contribution < 1.29 is 23.9 Å². The van der Waals surface area contributed by atoms with Crippen molar-refractivity contribution in [2.24, 2.45) is 0 Å². The lowest BCUT2D eigenvalue weighted by atomic mass is 10.0. The number of carbonyl (C=O) groups excluding carboxylic acids is 3. The average Bonchev–Trinajstić information content (AvgIpc) is 2.95. The van der Waals surface area contributed by atoms with E-state index in [9.17, 15) is 14.4 Å². The van der Waals surface area contributed by atoms with Crippen LogP contribution in [0.25, 0.3) is 10.9 Å². The molecule has 1 aromatic carbocycles. The van der Waals surface area contributed by atoms with Crippen LogP contribution in [0.1, 0.15) is 58.8 Å². The Bertz CT molecular complexity index is 982. The van der Waals surface area contributed by atoms with Gasteiger partial charge in [-0.1, -0.05) is 11.6 Å². The van der Waals surface area contributed by atoms with Crippen LogP contribution in [0.2, 0.25) is 5.02 Å². The Morgan fingerprint density at radius 2 is 1.60 bits per heavy atom. The van der Waals surface area contributed by atoms with Gasteiger partial charge in [-0.05, 0) is 66.7 Å². The quantitative estimate of drug-likeness (QED) is 0.592. The Morgan fingerprint density at radius 3 is 2.13 bits per heavy atom. The first-order valence-electron chi connectivity index (χ1n) is 9.65. The predicted octanol–water partition coefficient (Wildman–Crippen LogP) is 5.52. The molecule has 2 rings (SSSR count). The van der Waals surface area contributed by atoms with Crippen LogP contribution in [0.15, 0.2) is 24.4 Å². The number of ketones is 1. The molecule has 1 atom stereocenters. The van der Waals surface area contributed by atoms with Gasteiger partial charge in [0.25, 0.3) is 0 Å². The molecule has 0 unspecified atom stereocenters. The zero-order valence-electron chi connectivity index (χ0n) is 18.7. The van der Waals surface area contributed by atoms with Crippen molar-refractivity contribution in [1.29, 1.82) is 0 Å². The fourth-order valence-electron chi connectivity index (χ4n) is 2.75. The van der Waals surface area contributed by atoms with Gasteiger partial charge >= 0.3 is 12.2 Å². The van der Waals surface area contributed by atoms with Gasteiger partial charge in [0.15, 0.2) is 5.78 Å². The van der Waals surface area contributed by atoms with Gasteiger partial charge in [-0.2, -0.15) is 0 Å². The van der Waals surface area contributed by atoms with E-state index < -0.39 is 29.4 Å². The summed E-state index contributed by atoms with van der Waals surface area (Å²) in [5.74, 6) is -0.349. The number of halogens is 1. The highest BCUT2D eigenvalue weighted by atomic mass is 35.5. The molecular formula is C22H29ClN2O5. The largest absolute Gasteiger partial charge is 0.444 e. The highest BCUT2D eigenvalue weighted by molar-refractivity contribution is 6.31. The monoisotopic (exact) mass is 436 g/mol. The summed E-state index contributed by atoms with van der Waals surface area (Å²) in [5.41, 5.74) is -0.631. The first-order chi connectivity index (χ1) is 13.6. The van der Waals surface area contributed by atoms with E-state index in [1.54, 1.807) is 66.7 Å². The summed E-state index contributed by atoms with van der Waals surface area (Å²) in [5, 5.41) is 0.925. The molecule has 1 heterocycles. The van der Waals surface area contributed by atoms with Crippen LogP contribution >= 0.6 is 11.6 Å². The molecule has 0 bridgehead atoms. The number of benzene rings is 1. The van der Waals surface area contributed by atoms with Crippen molar-refractivity contribution in [3.63, 3.8) is 0 Å². The minimum atomic E-state index is -0.823. The van der Waals surface area contributed by atoms with Crippen LogP contribution in [-0.2, 0) is 9.47 Å². The number of Topliss-reactive ketones (excluding diaryl/α,β-unsaturated/α-hetero) is 1. The molecule has 0 N–H and O–H groups in total. The normalized spacial score (nSPS) is 13.1. The predicted molar refractivity (Wildman–Crippen MR) is 116 cm³/mol. The molecule has 8 heteroatoms. The van der Waals surface area contributed by atoms with E-state index in [1.165, 1.54) is 22.7 Å². The van der Waals surface area contributed by atoms with Crippen LogP contribution in [0.3, 0.4) is 0 Å². The number of carbonyl (C=O) groups is 3. The minimum absolute atomic E-state index is 0.265. The number of rotatable bonds is 3. The van der Waals surface area contributed by atoms with E-state index >= 15 is 0 Å². The maximum absolute atomic E-state index is 13.2. The van der Waals surface area contributed by atoms with Crippen LogP contribution in [0.5, 0.6) is 0 Å². The van der Waals surface area contributed by atoms with Crippen molar-refractivity contribution in [1.82, 2.24) is 9.47 Å². The fourth-order valence-corrected chi connectivity index (χ4v) is 2.93. The third kappa shape index (κ3) is 5.53. The van der Waals surface area contributed by atoms with E-state index in [1.807, 2.05) is 0 Å². The van der Waals surface area contributed by atoms with E-state index in [0.717, 1.165) is 0 Å². The van der Waals surface area contributed by atoms with Crippen LogP contribution < -0.4 is 0 Å². The molecule has 164 valence electrons. The first kappa shape index (κ1) is 23.7. The van der Waals surface area contributed by atoms with Gasteiger partial charge in [0.2, 0.25) is 0 Å². The number of hydrogen-bond donors (Lipinski definition) is 0. The van der Waals surface area contributed by atoms with E-state index in [4.69, 9.17) is 21.1 Å². The lowest BCUT2D eigenvalue weighted by molar-refractivity contribution is 0.0231. The molecule has 0 spiro atoms. The highest BCUT2D eigenvalue weighted by Gasteiger charge is 2.30. The van der Waals surface area contributed by atoms with Gasteiger partial charge in [-0.15, -0.1) is 0 Å². The standard InChI is InChI=1S/C22H29ClN2O5/c1-13(24(8)19(27)29-21(2,3)4)18(26)16-12-25(20(28)30-22(5,6)7)17-10-9-14(23)11-15(16)17/h9-13H,1-8H3/t13-/m0/s1. The summed E-state index contributed by atoms with van der Waals surface area (Å²) in [4.78, 5) is 39.5. The SMILES string of the molecule is C[C@@H](C(=O)c1cn(C(=O)OC(C)(C)C)c2ccc(Cl)cc12)N(C)C(=O)OC(C)(C)C. The van der Waals surface area contributed by atoms with Crippen LogP contribution in [0.4, 0.5) is 9.59 Å². The minimum Gasteiger partial charge on any atom is -0.444 e. The number of hydrogen-bond acceptors (Lipinski definition) is 5. The molecule has 0 aliphatic heterocycles. The lowest BCUT2D eigenvalue weighted by Crippen LogP contribution is -2.43. The van der Waals surface area contributed by atoms with Crippen molar-refractivity contribution in [2.75, 3.05) is 7.05 Å². The van der Waals surface area contributed by atoms with Gasteiger partial charge in [0, 0.05) is 29.2 Å². The molecule has 0 saturated heterocycles. The second kappa shape index (κ2) is 8.30. The van der Waals surface area contributed by atoms with Crippen molar-refractivity contribution >= 4 is 40.5 Å². The number of nitrogens with zero attached hydrogens (tertiary/aromatic N) is 2. The Labute approximate surface area is 181 Å². The van der Waals surface area contributed by atoms with Gasteiger partial charge in [0.05, 0.1) is 11.6 Å². The highest BCUT2D eigenvalue weighted by Crippen LogP contribution is 2.28. The second-order valence-electron chi connectivity index (χ2n) is 9.19. The van der Waals surface area contributed by atoms with Gasteiger partial charge in [-0.25, -0.2) is 9.59 Å². The topological polar surface area (TPSA) is 77.8 Å². The molecule has 2 aromatic rings. The lowest BCUT2D eigenvalue weighted by Gasteiger charge is -2.28. The number of amides is 1. The number of ether oxygens (including phenoxy) is 2. The molecule has 30 heavy (non-hydrogen) atoms. The molecule has 0 saturated carbocycles. The fraction of sp³-hybridized carbons (Fsp3) is 0.500. The zero-order chi connectivity index (χ0) is 23.0. The van der Waals surface area contributed by atoms with Crippen LogP contribution in [-0.4, -0.2) is 51.7 Å². The smallest absolute Gasteiger partial charge is 0.419 e. The number of likely N-dealkylation sites (N-methyl/N-ethyl adjacent to an activating group) is 1. The van der Waals surface area contributed by atoms with Gasteiger partial charge in [0.1, 0.15) is 11.2 Å². The van der Waals surface area contributed by atoms with Crippen molar-refractivity contribution in [3.8, 4) is 0 Å². The molecule has 0 aliphatic rings. The molecule has 0 aliphatic carbocycles.